The van der Waals surface area contributed by atoms with E-state index in [0.29, 0.717) is 5.69 Å². The maximum absolute atomic E-state index is 12.5. The van der Waals surface area contributed by atoms with Gasteiger partial charge in [0.1, 0.15) is 5.15 Å². The van der Waals surface area contributed by atoms with Gasteiger partial charge in [-0.1, -0.05) is 11.6 Å². The van der Waals surface area contributed by atoms with Crippen molar-refractivity contribution in [3.63, 3.8) is 0 Å². The molecule has 0 N–H and O–H groups in total. The molecule has 2 aromatic heterocycles. The van der Waals surface area contributed by atoms with E-state index in [0.717, 1.165) is 0 Å². The first-order valence-corrected chi connectivity index (χ1v) is 4.35. The van der Waals surface area contributed by atoms with Crippen LogP contribution in [0.25, 0.3) is 5.65 Å². The van der Waals surface area contributed by atoms with E-state index in [2.05, 4.69) is 9.97 Å². The van der Waals surface area contributed by atoms with Gasteiger partial charge in [0.05, 0.1) is 5.69 Å². The molecule has 0 aliphatic carbocycles. The number of imidazole rings is 1. The van der Waals surface area contributed by atoms with Crippen molar-refractivity contribution in [2.75, 3.05) is 0 Å². The molecule has 2 aromatic rings. The lowest BCUT2D eigenvalue weighted by atomic mass is 10.4. The van der Waals surface area contributed by atoms with Crippen LogP contribution in [0.15, 0.2) is 12.4 Å². The number of aryl methyl sites for hydroxylation is 1. The molecule has 0 aliphatic heterocycles. The van der Waals surface area contributed by atoms with Crippen molar-refractivity contribution in [2.45, 2.75) is 13.1 Å². The molecule has 15 heavy (non-hydrogen) atoms. The third-order valence-electron chi connectivity index (χ3n) is 1.80. The Kier molecular flexibility index (Phi) is 2.11. The average Bonchev–Trinajstić information content (AvgIpc) is 2.41. The Bertz CT molecular complexity index is 518. The van der Waals surface area contributed by atoms with Gasteiger partial charge >= 0.3 is 6.18 Å². The Morgan fingerprint density at radius 2 is 1.93 bits per heavy atom. The normalized spacial score (nSPS) is 12.3. The van der Waals surface area contributed by atoms with Crippen molar-refractivity contribution >= 4 is 17.2 Å². The summed E-state index contributed by atoms with van der Waals surface area (Å²) in [5.74, 6) is 0. The summed E-state index contributed by atoms with van der Waals surface area (Å²) in [6, 6.07) is 0. The molecular formula is C8H5ClF3N3. The average molecular weight is 236 g/mol. The lowest BCUT2D eigenvalue weighted by Crippen LogP contribution is -2.10. The zero-order valence-electron chi connectivity index (χ0n) is 7.51. The van der Waals surface area contributed by atoms with Gasteiger partial charge in [0, 0.05) is 12.4 Å². The third-order valence-corrected chi connectivity index (χ3v) is 1.98. The van der Waals surface area contributed by atoms with Crippen LogP contribution in [-0.2, 0) is 6.18 Å². The predicted molar refractivity (Wildman–Crippen MR) is 47.7 cm³/mol. The summed E-state index contributed by atoms with van der Waals surface area (Å²) in [6.45, 7) is 1.60. The van der Waals surface area contributed by atoms with Gasteiger partial charge in [0.2, 0.25) is 0 Å². The number of nitrogens with zero attached hydrogens (tertiary/aromatic N) is 3. The molecule has 0 saturated carbocycles. The molecule has 2 heterocycles. The summed E-state index contributed by atoms with van der Waals surface area (Å²) in [4.78, 5) is 6.99. The van der Waals surface area contributed by atoms with Crippen LogP contribution in [0, 0.1) is 6.92 Å². The Hall–Kier alpha value is -1.30. The zero-order chi connectivity index (χ0) is 11.2. The zero-order valence-corrected chi connectivity index (χ0v) is 8.26. The molecule has 0 amide bonds. The summed E-state index contributed by atoms with van der Waals surface area (Å²) < 4.78 is 38.8. The Morgan fingerprint density at radius 3 is 2.53 bits per heavy atom. The van der Waals surface area contributed by atoms with Crippen LogP contribution in [0.2, 0.25) is 5.15 Å². The first-order valence-electron chi connectivity index (χ1n) is 3.97. The van der Waals surface area contributed by atoms with E-state index < -0.39 is 11.9 Å². The highest BCUT2D eigenvalue weighted by Gasteiger charge is 2.36. The highest BCUT2D eigenvalue weighted by molar-refractivity contribution is 6.29. The van der Waals surface area contributed by atoms with Gasteiger partial charge in [-0.05, 0) is 6.92 Å². The van der Waals surface area contributed by atoms with E-state index in [1.54, 1.807) is 6.92 Å². The first kappa shape index (κ1) is 10.2. The minimum absolute atomic E-state index is 0.216. The highest BCUT2D eigenvalue weighted by atomic mass is 35.5. The Labute approximate surface area is 87.5 Å². The molecule has 3 nitrogen and oxygen atoms in total. The van der Waals surface area contributed by atoms with Crippen molar-refractivity contribution in [1.82, 2.24) is 14.4 Å². The smallest absolute Gasteiger partial charge is 0.302 e. The first-order chi connectivity index (χ1) is 6.88. The lowest BCUT2D eigenvalue weighted by molar-refractivity contribution is -0.140. The van der Waals surface area contributed by atoms with Crippen LogP contribution in [0.5, 0.6) is 0 Å². The van der Waals surface area contributed by atoms with Crippen molar-refractivity contribution < 1.29 is 13.2 Å². The number of rotatable bonds is 0. The molecule has 2 rings (SSSR count). The van der Waals surface area contributed by atoms with Crippen LogP contribution >= 0.6 is 11.6 Å². The van der Waals surface area contributed by atoms with Crippen molar-refractivity contribution in [3.05, 3.63) is 28.9 Å². The summed E-state index contributed by atoms with van der Waals surface area (Å²) >= 11 is 5.48. The topological polar surface area (TPSA) is 30.2 Å². The number of hydrogen-bond acceptors (Lipinski definition) is 2. The van der Waals surface area contributed by atoms with E-state index in [4.69, 9.17) is 11.6 Å². The summed E-state index contributed by atoms with van der Waals surface area (Å²) in [5, 5.41) is -0.216. The molecule has 0 atom stereocenters. The lowest BCUT2D eigenvalue weighted by Gasteiger charge is -2.06. The van der Waals surface area contributed by atoms with Crippen molar-refractivity contribution in [3.8, 4) is 0 Å². The van der Waals surface area contributed by atoms with E-state index >= 15 is 0 Å². The number of fused-ring (bicyclic) bond motifs is 1. The van der Waals surface area contributed by atoms with Crippen LogP contribution in [0.3, 0.4) is 0 Å². The minimum Gasteiger partial charge on any atom is -0.302 e. The van der Waals surface area contributed by atoms with Crippen LogP contribution in [-0.4, -0.2) is 14.4 Å². The van der Waals surface area contributed by atoms with E-state index in [1.165, 1.54) is 16.8 Å². The van der Waals surface area contributed by atoms with Crippen molar-refractivity contribution in [1.29, 1.82) is 0 Å². The second kappa shape index (κ2) is 3.10. The monoisotopic (exact) mass is 235 g/mol. The van der Waals surface area contributed by atoms with E-state index in [1.807, 2.05) is 0 Å². The maximum Gasteiger partial charge on any atom is 0.437 e. The summed E-state index contributed by atoms with van der Waals surface area (Å²) in [5.41, 5.74) is -0.822. The van der Waals surface area contributed by atoms with Crippen molar-refractivity contribution in [2.24, 2.45) is 0 Å². The fourth-order valence-corrected chi connectivity index (χ4v) is 1.47. The molecule has 0 bridgehead atoms. The second-order valence-corrected chi connectivity index (χ2v) is 3.41. The number of hydrogen-bond donors (Lipinski definition) is 0. The quantitative estimate of drug-likeness (QED) is 0.703. The SMILES string of the molecule is Cc1cn2cc(Cl)nc(C(F)(F)F)c2n1. The largest absolute Gasteiger partial charge is 0.437 e. The molecule has 0 radical (unpaired) electrons. The third kappa shape index (κ3) is 1.77. The Balaban J connectivity index is 2.82. The molecule has 7 heteroatoms. The fraction of sp³-hybridized carbons (Fsp3) is 0.250. The Morgan fingerprint density at radius 1 is 1.27 bits per heavy atom. The number of halogens is 4. The molecule has 0 aromatic carbocycles. The fourth-order valence-electron chi connectivity index (χ4n) is 1.28. The van der Waals surface area contributed by atoms with Gasteiger partial charge < -0.3 is 4.40 Å². The highest BCUT2D eigenvalue weighted by Crippen LogP contribution is 2.31. The van der Waals surface area contributed by atoms with E-state index in [-0.39, 0.29) is 10.8 Å². The molecule has 80 valence electrons. The molecule has 0 saturated heterocycles. The van der Waals surface area contributed by atoms with E-state index in [9.17, 15) is 13.2 Å². The summed E-state index contributed by atoms with van der Waals surface area (Å²) in [7, 11) is 0. The molecule has 0 spiro atoms. The van der Waals surface area contributed by atoms with Crippen LogP contribution < -0.4 is 0 Å². The number of aromatic nitrogens is 3. The van der Waals surface area contributed by atoms with Gasteiger partial charge in [-0.3, -0.25) is 0 Å². The standard InChI is InChI=1S/C8H5ClF3N3/c1-4-2-15-3-5(9)14-6(7(15)13-4)8(10,11)12/h2-3H,1H3. The number of alkyl halides is 3. The van der Waals surface area contributed by atoms with Gasteiger partial charge in [-0.15, -0.1) is 0 Å². The van der Waals surface area contributed by atoms with Crippen LogP contribution in [0.1, 0.15) is 11.4 Å². The van der Waals surface area contributed by atoms with Gasteiger partial charge in [0.25, 0.3) is 0 Å². The second-order valence-electron chi connectivity index (χ2n) is 3.02. The predicted octanol–water partition coefficient (Wildman–Crippen LogP) is 2.71. The van der Waals surface area contributed by atoms with Crippen LogP contribution in [0.4, 0.5) is 13.2 Å². The van der Waals surface area contributed by atoms with Gasteiger partial charge in [-0.25, -0.2) is 9.97 Å². The molecule has 0 aliphatic rings. The molecule has 0 unspecified atom stereocenters. The molecule has 0 fully saturated rings. The van der Waals surface area contributed by atoms with Gasteiger partial charge in [-0.2, -0.15) is 13.2 Å². The van der Waals surface area contributed by atoms with Gasteiger partial charge in [0.15, 0.2) is 11.3 Å². The maximum atomic E-state index is 12.5. The minimum atomic E-state index is -4.55. The summed E-state index contributed by atoms with van der Waals surface area (Å²) in [6.07, 6.45) is -1.81. The molecular weight excluding hydrogens is 231 g/mol.